The summed E-state index contributed by atoms with van der Waals surface area (Å²) in [6.45, 7) is 1.14. The summed E-state index contributed by atoms with van der Waals surface area (Å²) >= 11 is 4.20. The van der Waals surface area contributed by atoms with E-state index in [1.54, 1.807) is 5.56 Å². The summed E-state index contributed by atoms with van der Waals surface area (Å²) in [5.74, 6) is 3.26. The van der Waals surface area contributed by atoms with E-state index in [9.17, 15) is 4.79 Å². The minimum atomic E-state index is 0.161. The van der Waals surface area contributed by atoms with Crippen molar-refractivity contribution in [1.29, 1.82) is 0 Å². The van der Waals surface area contributed by atoms with Gasteiger partial charge in [0.2, 0.25) is 0 Å². The van der Waals surface area contributed by atoms with E-state index in [1.165, 1.54) is 23.5 Å². The maximum Gasteiger partial charge on any atom is 0.139 e. The van der Waals surface area contributed by atoms with Gasteiger partial charge in [-0.1, -0.05) is 24.3 Å². The molecule has 1 saturated carbocycles. The number of nitrogens with zero attached hydrogens (tertiary/aromatic N) is 1. The Bertz CT molecular complexity index is 640. The van der Waals surface area contributed by atoms with Crippen molar-refractivity contribution in [3.63, 3.8) is 0 Å². The molecule has 0 N–H and O–H groups in total. The number of rotatable bonds is 0. The summed E-state index contributed by atoms with van der Waals surface area (Å²) in [6.07, 6.45) is 5.44. The van der Waals surface area contributed by atoms with Crippen molar-refractivity contribution < 1.29 is 4.79 Å². The highest BCUT2D eigenvalue weighted by Gasteiger charge is 2.58. The van der Waals surface area contributed by atoms with Crippen LogP contribution < -0.4 is 0 Å². The van der Waals surface area contributed by atoms with Crippen molar-refractivity contribution in [1.82, 2.24) is 4.90 Å². The molecule has 1 spiro atoms. The number of thioether (sulfide) groups is 2. The molecule has 4 heteroatoms. The Morgan fingerprint density at radius 1 is 1.13 bits per heavy atom. The van der Waals surface area contributed by atoms with Gasteiger partial charge in [0.25, 0.3) is 0 Å². The summed E-state index contributed by atoms with van der Waals surface area (Å²) in [6, 6.07) is 10.1. The third kappa shape index (κ3) is 2.17. The van der Waals surface area contributed by atoms with E-state index >= 15 is 0 Å². The smallest absolute Gasteiger partial charge is 0.139 e. The summed E-state index contributed by atoms with van der Waals surface area (Å²) < 4.78 is 0.161. The third-order valence-corrected chi connectivity index (χ3v) is 9.86. The zero-order chi connectivity index (χ0) is 15.4. The van der Waals surface area contributed by atoms with Gasteiger partial charge in [0, 0.05) is 36.6 Å². The molecule has 3 aliphatic heterocycles. The number of ketones is 1. The molecule has 4 aliphatic rings. The monoisotopic (exact) mass is 345 g/mol. The Morgan fingerprint density at radius 2 is 1.96 bits per heavy atom. The van der Waals surface area contributed by atoms with Gasteiger partial charge in [0.1, 0.15) is 5.78 Å². The van der Waals surface area contributed by atoms with E-state index < -0.39 is 0 Å². The highest BCUT2D eigenvalue weighted by Crippen LogP contribution is 2.61. The predicted molar refractivity (Wildman–Crippen MR) is 98.0 cm³/mol. The highest BCUT2D eigenvalue weighted by molar-refractivity contribution is 8.21. The summed E-state index contributed by atoms with van der Waals surface area (Å²) in [5.41, 5.74) is 3.08. The molecule has 3 atom stereocenters. The van der Waals surface area contributed by atoms with Crippen LogP contribution in [0.15, 0.2) is 24.3 Å². The molecular weight excluding hydrogens is 322 g/mol. The third-order valence-electron chi connectivity index (χ3n) is 6.26. The number of hydrogen-bond acceptors (Lipinski definition) is 4. The van der Waals surface area contributed by atoms with Crippen molar-refractivity contribution in [2.75, 3.05) is 18.1 Å². The van der Waals surface area contributed by atoms with Crippen LogP contribution in [0, 0.1) is 5.92 Å². The first-order chi connectivity index (χ1) is 11.3. The molecule has 0 radical (unpaired) electrons. The van der Waals surface area contributed by atoms with Crippen molar-refractivity contribution in [3.05, 3.63) is 35.4 Å². The standard InChI is InChI=1S/C19H23NOS2/c21-17-7-3-6-15-18(17)19(22-10-11-23-19)12-16-14-5-2-1-4-13(14)8-9-20(15)16/h1-2,4-5,15-16,18H,3,6-12H2. The fraction of sp³-hybridized carbons (Fsp3) is 0.632. The Hall–Kier alpha value is -0.450. The lowest BCUT2D eigenvalue weighted by molar-refractivity contribution is -0.131. The van der Waals surface area contributed by atoms with Crippen molar-refractivity contribution >= 4 is 29.3 Å². The van der Waals surface area contributed by atoms with Gasteiger partial charge in [-0.05, 0) is 36.8 Å². The van der Waals surface area contributed by atoms with Crippen LogP contribution >= 0.6 is 23.5 Å². The summed E-state index contributed by atoms with van der Waals surface area (Å²) in [5, 5.41) is 0. The number of carbonyl (C=O) groups excluding carboxylic acids is 1. The highest BCUT2D eigenvalue weighted by atomic mass is 32.2. The number of carbonyl (C=O) groups is 1. The molecule has 1 aliphatic carbocycles. The van der Waals surface area contributed by atoms with Gasteiger partial charge in [0.05, 0.1) is 10.00 Å². The van der Waals surface area contributed by atoms with Crippen LogP contribution in [0.2, 0.25) is 0 Å². The lowest BCUT2D eigenvalue weighted by atomic mass is 9.72. The molecule has 3 unspecified atom stereocenters. The largest absolute Gasteiger partial charge is 0.299 e. The summed E-state index contributed by atoms with van der Waals surface area (Å²) in [7, 11) is 0. The molecule has 0 aromatic heterocycles. The zero-order valence-corrected chi connectivity index (χ0v) is 15.0. The normalized spacial score (nSPS) is 35.7. The minimum absolute atomic E-state index is 0.161. The number of Topliss-reactive ketones (excluding diaryl/α,β-unsaturated/α-hetero) is 1. The zero-order valence-electron chi connectivity index (χ0n) is 13.4. The molecule has 2 nitrogen and oxygen atoms in total. The van der Waals surface area contributed by atoms with Gasteiger partial charge >= 0.3 is 0 Å². The first-order valence-electron chi connectivity index (χ1n) is 8.93. The second kappa shape index (κ2) is 5.53. The van der Waals surface area contributed by atoms with E-state index in [0.717, 1.165) is 32.2 Å². The fourth-order valence-electron chi connectivity index (χ4n) is 5.38. The number of fused-ring (bicyclic) bond motifs is 6. The molecule has 2 saturated heterocycles. The van der Waals surface area contributed by atoms with E-state index in [-0.39, 0.29) is 10.00 Å². The maximum atomic E-state index is 12.9. The van der Waals surface area contributed by atoms with Crippen LogP contribution in [0.3, 0.4) is 0 Å². The second-order valence-corrected chi connectivity index (χ2v) is 10.4. The molecule has 3 heterocycles. The van der Waals surface area contributed by atoms with Gasteiger partial charge < -0.3 is 0 Å². The molecule has 1 aromatic rings. The Balaban J connectivity index is 1.60. The van der Waals surface area contributed by atoms with Crippen molar-refractivity contribution in [2.24, 2.45) is 5.92 Å². The maximum absolute atomic E-state index is 12.9. The molecule has 23 heavy (non-hydrogen) atoms. The number of hydrogen-bond donors (Lipinski definition) is 0. The predicted octanol–water partition coefficient (Wildman–Crippen LogP) is 3.90. The topological polar surface area (TPSA) is 20.3 Å². The molecule has 0 amide bonds. The average Bonchev–Trinajstić information content (AvgIpc) is 3.03. The Labute approximate surface area is 146 Å². The molecule has 1 aromatic carbocycles. The van der Waals surface area contributed by atoms with E-state index in [4.69, 9.17) is 0 Å². The van der Waals surface area contributed by atoms with Gasteiger partial charge in [-0.2, -0.15) is 0 Å². The van der Waals surface area contributed by atoms with E-state index in [1.807, 2.05) is 0 Å². The molecular formula is C19H23NOS2. The molecule has 122 valence electrons. The van der Waals surface area contributed by atoms with Gasteiger partial charge in [-0.3, -0.25) is 9.69 Å². The van der Waals surface area contributed by atoms with Crippen molar-refractivity contribution in [2.45, 2.75) is 48.3 Å². The molecule has 0 bridgehead atoms. The Kier molecular flexibility index (Phi) is 3.57. The van der Waals surface area contributed by atoms with E-state index in [2.05, 4.69) is 52.7 Å². The van der Waals surface area contributed by atoms with Crippen LogP contribution in [0.25, 0.3) is 0 Å². The SMILES string of the molecule is O=C1CCCC2C1C1(CC3c4ccccc4CCN32)SCCS1. The van der Waals surface area contributed by atoms with Crippen molar-refractivity contribution in [3.8, 4) is 0 Å². The first-order valence-corrected chi connectivity index (χ1v) is 10.9. The van der Waals surface area contributed by atoms with Gasteiger partial charge in [-0.15, -0.1) is 23.5 Å². The lowest BCUT2D eigenvalue weighted by Crippen LogP contribution is -2.61. The number of piperidine rings is 1. The molecule has 3 fully saturated rings. The lowest BCUT2D eigenvalue weighted by Gasteiger charge is -2.57. The van der Waals surface area contributed by atoms with Crippen LogP contribution in [0.1, 0.15) is 42.9 Å². The number of benzene rings is 1. The average molecular weight is 346 g/mol. The van der Waals surface area contributed by atoms with Crippen LogP contribution in [0.4, 0.5) is 0 Å². The van der Waals surface area contributed by atoms with Gasteiger partial charge in [0.15, 0.2) is 0 Å². The van der Waals surface area contributed by atoms with Crippen LogP contribution in [0.5, 0.6) is 0 Å². The first kappa shape index (κ1) is 14.9. The van der Waals surface area contributed by atoms with Crippen LogP contribution in [-0.2, 0) is 11.2 Å². The second-order valence-electron chi connectivity index (χ2n) is 7.32. The quantitative estimate of drug-likeness (QED) is 0.710. The molecule has 5 rings (SSSR count). The van der Waals surface area contributed by atoms with E-state index in [0.29, 0.717) is 17.9 Å². The Morgan fingerprint density at radius 3 is 2.83 bits per heavy atom. The van der Waals surface area contributed by atoms with Crippen LogP contribution in [-0.4, -0.2) is 38.9 Å². The van der Waals surface area contributed by atoms with Gasteiger partial charge in [-0.25, -0.2) is 0 Å². The summed E-state index contributed by atoms with van der Waals surface area (Å²) in [4.78, 5) is 15.6. The minimum Gasteiger partial charge on any atom is -0.299 e. The fourth-order valence-corrected chi connectivity index (χ4v) is 9.06.